The standard InChI is InChI=1S/C22H23NO6S/c1-12-5-7-13(8-6-12)30(27)20-14(24)9-10-15-18(20)19-16(28-15)11-17(25)23(19)21(26)29-22(2,3)4/h5-10,16,19,24H,11H2,1-4H3/t16-,19+,30?/m0/s1. The van der Waals surface area contributed by atoms with E-state index >= 15 is 0 Å². The predicted molar refractivity (Wildman–Crippen MR) is 109 cm³/mol. The molecule has 0 saturated carbocycles. The summed E-state index contributed by atoms with van der Waals surface area (Å²) in [5.41, 5.74) is 0.610. The zero-order valence-corrected chi connectivity index (χ0v) is 18.0. The van der Waals surface area contributed by atoms with E-state index in [0.717, 1.165) is 10.5 Å². The van der Waals surface area contributed by atoms with Gasteiger partial charge in [-0.2, -0.15) is 0 Å². The number of ether oxygens (including phenoxy) is 2. The average molecular weight is 429 g/mol. The van der Waals surface area contributed by atoms with Crippen LogP contribution < -0.4 is 4.74 Å². The second-order valence-electron chi connectivity index (χ2n) is 8.46. The molecule has 3 atom stereocenters. The van der Waals surface area contributed by atoms with Crippen molar-refractivity contribution >= 4 is 22.8 Å². The molecule has 1 saturated heterocycles. The van der Waals surface area contributed by atoms with E-state index in [1.165, 1.54) is 6.07 Å². The molecule has 1 N–H and O–H groups in total. The van der Waals surface area contributed by atoms with Crippen LogP contribution in [0, 0.1) is 6.92 Å². The first-order chi connectivity index (χ1) is 14.1. The molecule has 8 heteroatoms. The summed E-state index contributed by atoms with van der Waals surface area (Å²) in [5.74, 6) is -0.208. The highest BCUT2D eigenvalue weighted by Crippen LogP contribution is 2.51. The monoisotopic (exact) mass is 429 g/mol. The van der Waals surface area contributed by atoms with E-state index in [4.69, 9.17) is 9.47 Å². The largest absolute Gasteiger partial charge is 0.507 e. The Morgan fingerprint density at radius 3 is 2.50 bits per heavy atom. The third-order valence-corrected chi connectivity index (χ3v) is 6.50. The number of rotatable bonds is 2. The van der Waals surface area contributed by atoms with Crippen molar-refractivity contribution in [2.75, 3.05) is 0 Å². The highest BCUT2D eigenvalue weighted by molar-refractivity contribution is 7.85. The number of hydrogen-bond acceptors (Lipinski definition) is 6. The van der Waals surface area contributed by atoms with Crippen molar-refractivity contribution in [2.24, 2.45) is 0 Å². The van der Waals surface area contributed by atoms with Crippen LogP contribution in [0.15, 0.2) is 46.2 Å². The summed E-state index contributed by atoms with van der Waals surface area (Å²) in [6.45, 7) is 7.06. The first-order valence-electron chi connectivity index (χ1n) is 9.63. The Morgan fingerprint density at radius 2 is 1.87 bits per heavy atom. The summed E-state index contributed by atoms with van der Waals surface area (Å²) in [6.07, 6.45) is -1.40. The Labute approximate surface area is 177 Å². The molecule has 4 rings (SSSR count). The molecule has 0 radical (unpaired) electrons. The Balaban J connectivity index is 1.80. The van der Waals surface area contributed by atoms with E-state index in [-0.39, 0.29) is 17.1 Å². The van der Waals surface area contributed by atoms with E-state index in [1.54, 1.807) is 39.0 Å². The summed E-state index contributed by atoms with van der Waals surface area (Å²) in [7, 11) is -1.74. The number of benzene rings is 2. The van der Waals surface area contributed by atoms with Crippen molar-refractivity contribution in [2.45, 2.75) is 61.7 Å². The Bertz CT molecular complexity index is 1060. The number of phenols is 1. The maximum atomic E-state index is 13.4. The average Bonchev–Trinajstić information content (AvgIpc) is 3.14. The van der Waals surface area contributed by atoms with Crippen molar-refractivity contribution in [1.29, 1.82) is 0 Å². The molecule has 0 aromatic heterocycles. The van der Waals surface area contributed by atoms with Gasteiger partial charge in [0.15, 0.2) is 0 Å². The number of hydrogen-bond donors (Lipinski definition) is 1. The fourth-order valence-electron chi connectivity index (χ4n) is 3.74. The Kier molecular flexibility index (Phi) is 4.85. The lowest BCUT2D eigenvalue weighted by molar-refractivity contribution is -0.128. The van der Waals surface area contributed by atoms with Crippen molar-refractivity contribution in [3.8, 4) is 11.5 Å². The molecule has 1 unspecified atom stereocenters. The minimum Gasteiger partial charge on any atom is -0.507 e. The van der Waals surface area contributed by atoms with Crippen LogP contribution in [0.1, 0.15) is 44.4 Å². The van der Waals surface area contributed by atoms with Gasteiger partial charge in [0.05, 0.1) is 22.1 Å². The minimum absolute atomic E-state index is 0.00401. The summed E-state index contributed by atoms with van der Waals surface area (Å²) in [6, 6.07) is 9.29. The van der Waals surface area contributed by atoms with Gasteiger partial charge in [-0.15, -0.1) is 0 Å². The van der Waals surface area contributed by atoms with Gasteiger partial charge in [-0.3, -0.25) is 4.79 Å². The number of phenolic OH excluding ortho intramolecular Hbond substituents is 1. The van der Waals surface area contributed by atoms with Crippen molar-refractivity contribution in [3.05, 3.63) is 47.5 Å². The summed E-state index contributed by atoms with van der Waals surface area (Å²) >= 11 is 0. The number of imide groups is 1. The highest BCUT2D eigenvalue weighted by atomic mass is 32.2. The fourth-order valence-corrected chi connectivity index (χ4v) is 5.04. The lowest BCUT2D eigenvalue weighted by Crippen LogP contribution is -2.39. The zero-order valence-electron chi connectivity index (χ0n) is 17.2. The number of carbonyl (C=O) groups excluding carboxylic acids is 2. The predicted octanol–water partition coefficient (Wildman–Crippen LogP) is 3.84. The van der Waals surface area contributed by atoms with Crippen LogP contribution >= 0.6 is 0 Å². The van der Waals surface area contributed by atoms with Gasteiger partial charge in [0.1, 0.15) is 29.2 Å². The van der Waals surface area contributed by atoms with Crippen LogP contribution in [0.25, 0.3) is 0 Å². The van der Waals surface area contributed by atoms with Crippen LogP contribution in [0.2, 0.25) is 0 Å². The quantitative estimate of drug-likeness (QED) is 0.780. The van der Waals surface area contributed by atoms with Crippen LogP contribution in [0.5, 0.6) is 11.5 Å². The smallest absolute Gasteiger partial charge is 0.417 e. The maximum Gasteiger partial charge on any atom is 0.417 e. The van der Waals surface area contributed by atoms with Gasteiger partial charge in [0, 0.05) is 10.5 Å². The molecule has 7 nitrogen and oxygen atoms in total. The second kappa shape index (κ2) is 7.12. The maximum absolute atomic E-state index is 13.4. The van der Waals surface area contributed by atoms with Crippen LogP contribution in [0.4, 0.5) is 4.79 Å². The zero-order chi connectivity index (χ0) is 21.8. The number of nitrogens with zero attached hydrogens (tertiary/aromatic N) is 1. The Morgan fingerprint density at radius 1 is 1.20 bits per heavy atom. The highest BCUT2D eigenvalue weighted by Gasteiger charge is 2.53. The molecule has 1 fully saturated rings. The lowest BCUT2D eigenvalue weighted by atomic mass is 10.0. The van der Waals surface area contributed by atoms with Gasteiger partial charge in [0.25, 0.3) is 0 Å². The molecular weight excluding hydrogens is 406 g/mol. The summed E-state index contributed by atoms with van der Waals surface area (Å²) in [5, 5.41) is 10.6. The minimum atomic E-state index is -1.74. The third-order valence-electron chi connectivity index (χ3n) is 4.99. The van der Waals surface area contributed by atoms with E-state index in [2.05, 4.69) is 0 Å². The molecule has 0 spiro atoms. The number of aryl methyl sites for hydroxylation is 1. The molecule has 158 valence electrons. The van der Waals surface area contributed by atoms with Crippen LogP contribution in [-0.4, -0.2) is 37.9 Å². The molecule has 0 aliphatic carbocycles. The number of aromatic hydroxyl groups is 1. The molecule has 2 aromatic carbocycles. The summed E-state index contributed by atoms with van der Waals surface area (Å²) in [4.78, 5) is 27.1. The SMILES string of the molecule is Cc1ccc(S(=O)c2c(O)ccc3c2[C@H]2[C@H](CC(=O)N2C(=O)OC(C)(C)C)O3)cc1. The van der Waals surface area contributed by atoms with Gasteiger partial charge in [0.2, 0.25) is 5.91 Å². The normalized spacial score (nSPS) is 21.1. The number of amides is 2. The van der Waals surface area contributed by atoms with E-state index in [1.807, 2.05) is 19.1 Å². The molecule has 2 amide bonds. The number of carbonyl (C=O) groups is 2. The Hall–Kier alpha value is -2.87. The molecule has 30 heavy (non-hydrogen) atoms. The summed E-state index contributed by atoms with van der Waals surface area (Å²) < 4.78 is 24.7. The first kappa shape index (κ1) is 20.4. The van der Waals surface area contributed by atoms with Crippen molar-refractivity contribution in [3.63, 3.8) is 0 Å². The van der Waals surface area contributed by atoms with Crippen molar-refractivity contribution < 1.29 is 28.4 Å². The molecular formula is C22H23NO6S. The van der Waals surface area contributed by atoms with Gasteiger partial charge < -0.3 is 14.6 Å². The van der Waals surface area contributed by atoms with Crippen molar-refractivity contribution in [1.82, 2.24) is 4.90 Å². The topological polar surface area (TPSA) is 93.1 Å². The van der Waals surface area contributed by atoms with Gasteiger partial charge in [-0.25, -0.2) is 13.9 Å². The molecule has 0 bridgehead atoms. The second-order valence-corrected chi connectivity index (χ2v) is 9.87. The number of likely N-dealkylation sites (tertiary alicyclic amines) is 1. The molecule has 2 heterocycles. The van der Waals surface area contributed by atoms with E-state index in [0.29, 0.717) is 16.2 Å². The molecule has 2 aliphatic rings. The lowest BCUT2D eigenvalue weighted by Gasteiger charge is -2.27. The number of fused-ring (bicyclic) bond motifs is 3. The van der Waals surface area contributed by atoms with E-state index < -0.39 is 40.5 Å². The van der Waals surface area contributed by atoms with Crippen LogP contribution in [0.3, 0.4) is 0 Å². The molecule has 2 aromatic rings. The fraction of sp³-hybridized carbons (Fsp3) is 0.364. The van der Waals surface area contributed by atoms with Gasteiger partial charge >= 0.3 is 6.09 Å². The third kappa shape index (κ3) is 3.45. The van der Waals surface area contributed by atoms with Gasteiger partial charge in [-0.1, -0.05) is 17.7 Å². The first-order valence-corrected chi connectivity index (χ1v) is 10.8. The van der Waals surface area contributed by atoms with Gasteiger partial charge in [-0.05, 0) is 52.0 Å². The molecule has 2 aliphatic heterocycles. The van der Waals surface area contributed by atoms with E-state index in [9.17, 15) is 18.9 Å². The van der Waals surface area contributed by atoms with Crippen LogP contribution in [-0.2, 0) is 20.3 Å².